The summed E-state index contributed by atoms with van der Waals surface area (Å²) in [4.78, 5) is 22.9. The van der Waals surface area contributed by atoms with E-state index >= 15 is 0 Å². The minimum Gasteiger partial charge on any atom is -0.497 e. The molecule has 0 aromatic heterocycles. The van der Waals surface area contributed by atoms with Crippen LogP contribution < -0.4 is 9.47 Å². The van der Waals surface area contributed by atoms with Crippen LogP contribution >= 0.6 is 0 Å². The van der Waals surface area contributed by atoms with Gasteiger partial charge in [-0.1, -0.05) is 0 Å². The summed E-state index contributed by atoms with van der Waals surface area (Å²) in [5.74, 6) is -0.944. The maximum Gasteiger partial charge on any atom is 0.310 e. The molecule has 1 aromatic carbocycles. The van der Waals surface area contributed by atoms with Crippen molar-refractivity contribution in [1.82, 2.24) is 0 Å². The van der Waals surface area contributed by atoms with Crippen LogP contribution in [0.3, 0.4) is 0 Å². The van der Waals surface area contributed by atoms with E-state index in [1.807, 2.05) is 0 Å². The second-order valence-corrected chi connectivity index (χ2v) is 5.54. The van der Waals surface area contributed by atoms with Gasteiger partial charge in [0.1, 0.15) is 17.6 Å². The molecule has 0 amide bonds. The predicted molar refractivity (Wildman–Crippen MR) is 90.9 cm³/mol. The number of carbonyl (C=O) groups excluding carboxylic acids is 1. The topological polar surface area (TPSA) is 91.3 Å². The molecule has 0 aliphatic heterocycles. The Balaban J connectivity index is 2.62. The fourth-order valence-electron chi connectivity index (χ4n) is 2.44. The largest absolute Gasteiger partial charge is 0.497 e. The lowest BCUT2D eigenvalue weighted by Gasteiger charge is -2.23. The van der Waals surface area contributed by atoms with Gasteiger partial charge in [-0.2, -0.15) is 0 Å². The highest BCUT2D eigenvalue weighted by atomic mass is 16.5. The summed E-state index contributed by atoms with van der Waals surface area (Å²) >= 11 is 0. The molecule has 2 unspecified atom stereocenters. The van der Waals surface area contributed by atoms with Gasteiger partial charge in [-0.3, -0.25) is 9.59 Å². The Morgan fingerprint density at radius 2 is 1.68 bits per heavy atom. The average molecular weight is 354 g/mol. The SMILES string of the molecule is COCCCC(C(=O)O)C(CCOc1ccc(OC)cc1)OC(C)=O. The van der Waals surface area contributed by atoms with Gasteiger partial charge in [0.2, 0.25) is 0 Å². The van der Waals surface area contributed by atoms with Crippen molar-refractivity contribution in [2.24, 2.45) is 5.92 Å². The normalized spacial score (nSPS) is 12.9. The van der Waals surface area contributed by atoms with E-state index in [0.717, 1.165) is 0 Å². The number of ether oxygens (including phenoxy) is 4. The van der Waals surface area contributed by atoms with E-state index in [9.17, 15) is 14.7 Å². The number of rotatable bonds is 12. The van der Waals surface area contributed by atoms with Gasteiger partial charge < -0.3 is 24.1 Å². The Bertz CT molecular complexity index is 527. The summed E-state index contributed by atoms with van der Waals surface area (Å²) in [5, 5.41) is 9.44. The molecule has 0 aliphatic carbocycles. The van der Waals surface area contributed by atoms with Gasteiger partial charge >= 0.3 is 11.9 Å². The number of methoxy groups -OCH3 is 2. The number of esters is 1. The molecule has 0 radical (unpaired) electrons. The summed E-state index contributed by atoms with van der Waals surface area (Å²) < 4.78 is 20.9. The van der Waals surface area contributed by atoms with Gasteiger partial charge in [0.15, 0.2) is 0 Å². The fraction of sp³-hybridized carbons (Fsp3) is 0.556. The Kier molecular flexibility index (Phi) is 9.39. The van der Waals surface area contributed by atoms with E-state index in [2.05, 4.69) is 0 Å². The fourth-order valence-corrected chi connectivity index (χ4v) is 2.44. The summed E-state index contributed by atoms with van der Waals surface area (Å²) in [6.07, 6.45) is 0.481. The van der Waals surface area contributed by atoms with E-state index in [0.29, 0.717) is 30.9 Å². The lowest BCUT2D eigenvalue weighted by Crippen LogP contribution is -2.33. The van der Waals surface area contributed by atoms with Crippen LogP contribution in [0, 0.1) is 5.92 Å². The highest BCUT2D eigenvalue weighted by Gasteiger charge is 2.30. The second-order valence-electron chi connectivity index (χ2n) is 5.54. The van der Waals surface area contributed by atoms with Crippen molar-refractivity contribution in [3.63, 3.8) is 0 Å². The van der Waals surface area contributed by atoms with E-state index in [1.54, 1.807) is 38.5 Å². The summed E-state index contributed by atoms with van der Waals surface area (Å²) in [5.41, 5.74) is 0. The van der Waals surface area contributed by atoms with E-state index in [1.165, 1.54) is 6.92 Å². The quantitative estimate of drug-likeness (QED) is 0.455. The zero-order valence-corrected chi connectivity index (χ0v) is 14.9. The van der Waals surface area contributed by atoms with Crippen LogP contribution in [0.25, 0.3) is 0 Å². The molecule has 0 saturated carbocycles. The average Bonchev–Trinajstić information content (AvgIpc) is 2.58. The zero-order valence-electron chi connectivity index (χ0n) is 14.9. The molecule has 1 aromatic rings. The lowest BCUT2D eigenvalue weighted by molar-refractivity contribution is -0.158. The predicted octanol–water partition coefficient (Wildman–Crippen LogP) is 2.52. The smallest absolute Gasteiger partial charge is 0.310 e. The van der Waals surface area contributed by atoms with Crippen molar-refractivity contribution in [3.8, 4) is 11.5 Å². The lowest BCUT2D eigenvalue weighted by atomic mass is 9.94. The van der Waals surface area contributed by atoms with E-state index in [-0.39, 0.29) is 13.0 Å². The number of hydrogen-bond acceptors (Lipinski definition) is 6. The first-order valence-corrected chi connectivity index (χ1v) is 8.13. The molecular formula is C18H26O7. The summed E-state index contributed by atoms with van der Waals surface area (Å²) in [7, 11) is 3.14. The number of benzene rings is 1. The van der Waals surface area contributed by atoms with Crippen LogP contribution in [0.15, 0.2) is 24.3 Å². The number of carbonyl (C=O) groups is 2. The molecule has 25 heavy (non-hydrogen) atoms. The van der Waals surface area contributed by atoms with Crippen LogP contribution in [0.1, 0.15) is 26.2 Å². The zero-order chi connectivity index (χ0) is 18.7. The van der Waals surface area contributed by atoms with Crippen molar-refractivity contribution in [2.45, 2.75) is 32.3 Å². The molecule has 0 bridgehead atoms. The highest BCUT2D eigenvalue weighted by Crippen LogP contribution is 2.21. The van der Waals surface area contributed by atoms with E-state index < -0.39 is 24.0 Å². The molecular weight excluding hydrogens is 328 g/mol. The Hall–Kier alpha value is -2.28. The first-order chi connectivity index (χ1) is 12.0. The first kappa shape index (κ1) is 20.8. The molecule has 7 heteroatoms. The highest BCUT2D eigenvalue weighted by molar-refractivity contribution is 5.72. The third kappa shape index (κ3) is 7.89. The van der Waals surface area contributed by atoms with Crippen molar-refractivity contribution < 1.29 is 33.6 Å². The van der Waals surface area contributed by atoms with Crippen molar-refractivity contribution in [2.75, 3.05) is 27.4 Å². The minimum absolute atomic E-state index is 0.234. The van der Waals surface area contributed by atoms with Crippen molar-refractivity contribution in [1.29, 1.82) is 0 Å². The third-order valence-corrected chi connectivity index (χ3v) is 3.68. The van der Waals surface area contributed by atoms with E-state index in [4.69, 9.17) is 18.9 Å². The number of aliphatic carboxylic acids is 1. The standard InChI is InChI=1S/C18H26O7/c1-13(19)25-17(16(18(20)21)5-4-11-22-2)10-12-24-15-8-6-14(23-3)7-9-15/h6-9,16-17H,4-5,10-12H2,1-3H3,(H,20,21). The first-order valence-electron chi connectivity index (χ1n) is 8.13. The summed E-state index contributed by atoms with van der Waals surface area (Å²) in [6, 6.07) is 7.05. The molecule has 140 valence electrons. The Morgan fingerprint density at radius 3 is 2.20 bits per heavy atom. The van der Waals surface area contributed by atoms with Crippen LogP contribution in [0.5, 0.6) is 11.5 Å². The molecule has 0 aliphatic rings. The van der Waals surface area contributed by atoms with Gasteiger partial charge in [0.05, 0.1) is 19.6 Å². The molecule has 0 heterocycles. The molecule has 0 fully saturated rings. The van der Waals surface area contributed by atoms with Gasteiger partial charge in [0.25, 0.3) is 0 Å². The molecule has 7 nitrogen and oxygen atoms in total. The van der Waals surface area contributed by atoms with Gasteiger partial charge in [0, 0.05) is 27.1 Å². The Labute approximate surface area is 147 Å². The molecule has 1 rings (SSSR count). The number of hydrogen-bond donors (Lipinski definition) is 1. The van der Waals surface area contributed by atoms with Gasteiger partial charge in [-0.25, -0.2) is 0 Å². The third-order valence-electron chi connectivity index (χ3n) is 3.68. The van der Waals surface area contributed by atoms with Gasteiger partial charge in [-0.05, 0) is 37.1 Å². The maximum absolute atomic E-state index is 11.5. The number of carboxylic acid groups (broad SMARTS) is 1. The van der Waals surface area contributed by atoms with Crippen molar-refractivity contribution >= 4 is 11.9 Å². The summed E-state index contributed by atoms with van der Waals surface area (Å²) in [6.45, 7) is 1.96. The number of carboxylic acids is 1. The molecule has 0 saturated heterocycles. The van der Waals surface area contributed by atoms with Crippen LogP contribution in [-0.2, 0) is 19.1 Å². The second kappa shape index (κ2) is 11.3. The van der Waals surface area contributed by atoms with Crippen LogP contribution in [-0.4, -0.2) is 50.6 Å². The minimum atomic E-state index is -0.994. The van der Waals surface area contributed by atoms with Crippen LogP contribution in [0.2, 0.25) is 0 Å². The Morgan fingerprint density at radius 1 is 1.04 bits per heavy atom. The van der Waals surface area contributed by atoms with Crippen LogP contribution in [0.4, 0.5) is 0 Å². The monoisotopic (exact) mass is 354 g/mol. The molecule has 0 spiro atoms. The molecule has 1 N–H and O–H groups in total. The van der Waals surface area contributed by atoms with Gasteiger partial charge in [-0.15, -0.1) is 0 Å². The molecule has 2 atom stereocenters. The van der Waals surface area contributed by atoms with Crippen molar-refractivity contribution in [3.05, 3.63) is 24.3 Å². The maximum atomic E-state index is 11.5.